The van der Waals surface area contributed by atoms with Crippen LogP contribution in [0.4, 0.5) is 4.79 Å². The van der Waals surface area contributed by atoms with Gasteiger partial charge in [0.25, 0.3) is 5.91 Å². The van der Waals surface area contributed by atoms with Crippen LogP contribution >= 0.6 is 0 Å². The first-order chi connectivity index (χ1) is 11.3. The minimum Gasteiger partial charge on any atom is -0.360 e. The molecule has 0 aromatic carbocycles. The maximum Gasteiger partial charge on any atom is 0.325 e. The summed E-state index contributed by atoms with van der Waals surface area (Å²) in [6.45, 7) is 11.0. The quantitative estimate of drug-likeness (QED) is 0.786. The number of hydrogen-bond acceptors (Lipinski definition) is 6. The average Bonchev–Trinajstić information content (AvgIpc) is 3.01. The van der Waals surface area contributed by atoms with Gasteiger partial charge < -0.3 is 9.84 Å². The molecule has 3 amide bonds. The van der Waals surface area contributed by atoms with Gasteiger partial charge >= 0.3 is 6.03 Å². The highest BCUT2D eigenvalue weighted by Gasteiger charge is 2.44. The Morgan fingerprint density at radius 1 is 1.17 bits per heavy atom. The van der Waals surface area contributed by atoms with E-state index >= 15 is 0 Å². The van der Waals surface area contributed by atoms with E-state index in [1.807, 2.05) is 13.0 Å². The average molecular weight is 335 g/mol. The summed E-state index contributed by atoms with van der Waals surface area (Å²) in [5, 5.41) is 6.62. The zero-order chi connectivity index (χ0) is 17.3. The monoisotopic (exact) mass is 335 g/mol. The van der Waals surface area contributed by atoms with E-state index in [1.165, 1.54) is 4.90 Å². The topological polar surface area (TPSA) is 81.9 Å². The Bertz CT molecular complexity index is 619. The van der Waals surface area contributed by atoms with Gasteiger partial charge in [0, 0.05) is 45.3 Å². The van der Waals surface area contributed by atoms with Crippen LogP contribution in [0.25, 0.3) is 0 Å². The van der Waals surface area contributed by atoms with Crippen LogP contribution in [0.3, 0.4) is 0 Å². The summed E-state index contributed by atoms with van der Waals surface area (Å²) in [7, 11) is 0. The lowest BCUT2D eigenvalue weighted by Gasteiger charge is -2.34. The number of urea groups is 1. The zero-order valence-corrected chi connectivity index (χ0v) is 14.5. The number of nitrogens with one attached hydrogen (secondary N) is 1. The van der Waals surface area contributed by atoms with Crippen molar-refractivity contribution in [2.75, 3.05) is 39.3 Å². The molecule has 0 atom stereocenters. The van der Waals surface area contributed by atoms with E-state index in [1.54, 1.807) is 13.8 Å². The van der Waals surface area contributed by atoms with Crippen molar-refractivity contribution in [3.8, 4) is 0 Å². The molecule has 0 spiro atoms. The highest BCUT2D eigenvalue weighted by molar-refractivity contribution is 6.06. The summed E-state index contributed by atoms with van der Waals surface area (Å²) in [5.41, 5.74) is 0.116. The molecule has 2 aliphatic rings. The van der Waals surface area contributed by atoms with Crippen LogP contribution in [0, 0.1) is 6.92 Å². The number of aryl methyl sites for hydroxylation is 1. The molecule has 2 fully saturated rings. The van der Waals surface area contributed by atoms with Crippen LogP contribution in [0.5, 0.6) is 0 Å². The number of amides is 3. The number of piperazine rings is 1. The second-order valence-electron chi connectivity index (χ2n) is 7.06. The van der Waals surface area contributed by atoms with Crippen LogP contribution < -0.4 is 5.32 Å². The van der Waals surface area contributed by atoms with E-state index in [-0.39, 0.29) is 11.9 Å². The van der Waals surface area contributed by atoms with E-state index in [0.29, 0.717) is 13.1 Å². The highest BCUT2D eigenvalue weighted by Crippen LogP contribution is 2.16. The molecule has 1 N–H and O–H groups in total. The standard InChI is InChI=1S/C16H25N5O3/c1-12-10-13(24-18-12)11-20-6-4-19(5-7-20)8-9-21-14(22)16(2,3)17-15(21)23/h10H,4-9,11H2,1-3H3,(H,17,23). The molecule has 0 unspecified atom stereocenters. The Hall–Kier alpha value is -1.93. The third-order valence-electron chi connectivity index (χ3n) is 4.61. The zero-order valence-electron chi connectivity index (χ0n) is 14.5. The van der Waals surface area contributed by atoms with Gasteiger partial charge in [-0.1, -0.05) is 5.16 Å². The maximum absolute atomic E-state index is 12.2. The fourth-order valence-electron chi connectivity index (χ4n) is 3.14. The molecule has 3 rings (SSSR count). The van der Waals surface area contributed by atoms with Crippen molar-refractivity contribution in [3.63, 3.8) is 0 Å². The van der Waals surface area contributed by atoms with Gasteiger partial charge in [0.15, 0.2) is 5.76 Å². The molecule has 24 heavy (non-hydrogen) atoms. The van der Waals surface area contributed by atoms with Crippen LogP contribution in [0.15, 0.2) is 10.6 Å². The van der Waals surface area contributed by atoms with Gasteiger partial charge in [-0.3, -0.25) is 19.5 Å². The third kappa shape index (κ3) is 3.59. The number of nitrogens with zero attached hydrogens (tertiary/aromatic N) is 4. The Morgan fingerprint density at radius 3 is 2.38 bits per heavy atom. The van der Waals surface area contributed by atoms with Gasteiger partial charge in [0.1, 0.15) is 5.54 Å². The minimum atomic E-state index is -0.787. The van der Waals surface area contributed by atoms with Crippen molar-refractivity contribution in [1.82, 2.24) is 25.2 Å². The minimum absolute atomic E-state index is 0.146. The van der Waals surface area contributed by atoms with Crippen LogP contribution in [-0.4, -0.2) is 76.6 Å². The second-order valence-corrected chi connectivity index (χ2v) is 7.06. The van der Waals surface area contributed by atoms with E-state index < -0.39 is 5.54 Å². The second kappa shape index (κ2) is 6.52. The SMILES string of the molecule is Cc1cc(CN2CCN(CCN3C(=O)NC(C)(C)C3=O)CC2)on1. The Balaban J connectivity index is 1.43. The molecule has 3 heterocycles. The van der Waals surface area contributed by atoms with Gasteiger partial charge in [-0.05, 0) is 20.8 Å². The number of carbonyl (C=O) groups is 2. The molecular formula is C16H25N5O3. The molecule has 132 valence electrons. The van der Waals surface area contributed by atoms with E-state index in [4.69, 9.17) is 4.52 Å². The lowest BCUT2D eigenvalue weighted by molar-refractivity contribution is -0.130. The number of aromatic nitrogens is 1. The number of rotatable bonds is 5. The molecule has 0 aliphatic carbocycles. The largest absolute Gasteiger partial charge is 0.360 e. The fraction of sp³-hybridized carbons (Fsp3) is 0.688. The first kappa shape index (κ1) is 16.9. The number of hydrogen-bond donors (Lipinski definition) is 1. The van der Waals surface area contributed by atoms with Gasteiger partial charge in [0.05, 0.1) is 12.2 Å². The summed E-state index contributed by atoms with van der Waals surface area (Å²) in [4.78, 5) is 30.0. The summed E-state index contributed by atoms with van der Waals surface area (Å²) >= 11 is 0. The third-order valence-corrected chi connectivity index (χ3v) is 4.61. The maximum atomic E-state index is 12.2. The Kier molecular flexibility index (Phi) is 4.60. The van der Waals surface area contributed by atoms with Crippen molar-refractivity contribution in [3.05, 3.63) is 17.5 Å². The van der Waals surface area contributed by atoms with Crippen LogP contribution in [0.1, 0.15) is 25.3 Å². The molecule has 2 saturated heterocycles. The van der Waals surface area contributed by atoms with Crippen molar-refractivity contribution < 1.29 is 14.1 Å². The highest BCUT2D eigenvalue weighted by atomic mass is 16.5. The van der Waals surface area contributed by atoms with Gasteiger partial charge in [-0.2, -0.15) is 0 Å². The van der Waals surface area contributed by atoms with Crippen molar-refractivity contribution in [2.45, 2.75) is 32.9 Å². The molecular weight excluding hydrogens is 310 g/mol. The molecule has 0 radical (unpaired) electrons. The first-order valence-corrected chi connectivity index (χ1v) is 8.36. The molecule has 1 aromatic rings. The normalized spacial score (nSPS) is 22.2. The Morgan fingerprint density at radius 2 is 1.83 bits per heavy atom. The summed E-state index contributed by atoms with van der Waals surface area (Å²) < 4.78 is 5.26. The van der Waals surface area contributed by atoms with Crippen molar-refractivity contribution in [2.24, 2.45) is 0 Å². The molecule has 1 aromatic heterocycles. The smallest absolute Gasteiger partial charge is 0.325 e. The molecule has 8 heteroatoms. The number of imide groups is 1. The summed E-state index contributed by atoms with van der Waals surface area (Å²) in [6.07, 6.45) is 0. The Labute approximate surface area is 141 Å². The summed E-state index contributed by atoms with van der Waals surface area (Å²) in [6, 6.07) is 1.68. The number of carbonyl (C=O) groups excluding carboxylic acids is 2. The van der Waals surface area contributed by atoms with Gasteiger partial charge in [-0.15, -0.1) is 0 Å². The van der Waals surface area contributed by atoms with Crippen LogP contribution in [0.2, 0.25) is 0 Å². The molecule has 0 bridgehead atoms. The van der Waals surface area contributed by atoms with Crippen molar-refractivity contribution >= 4 is 11.9 Å². The van der Waals surface area contributed by atoms with Gasteiger partial charge in [0.2, 0.25) is 0 Å². The molecule has 2 aliphatic heterocycles. The van der Waals surface area contributed by atoms with E-state index in [2.05, 4.69) is 20.3 Å². The van der Waals surface area contributed by atoms with Crippen molar-refractivity contribution in [1.29, 1.82) is 0 Å². The predicted octanol–water partition coefficient (Wildman–Crippen LogP) is 0.431. The lowest BCUT2D eigenvalue weighted by Crippen LogP contribution is -2.48. The predicted molar refractivity (Wildman–Crippen MR) is 87.3 cm³/mol. The van der Waals surface area contributed by atoms with Gasteiger partial charge in [-0.25, -0.2) is 4.79 Å². The van der Waals surface area contributed by atoms with E-state index in [0.717, 1.165) is 44.2 Å². The lowest BCUT2D eigenvalue weighted by atomic mass is 10.1. The summed E-state index contributed by atoms with van der Waals surface area (Å²) in [5.74, 6) is 0.745. The van der Waals surface area contributed by atoms with Crippen LogP contribution in [-0.2, 0) is 11.3 Å². The van der Waals surface area contributed by atoms with E-state index in [9.17, 15) is 9.59 Å². The first-order valence-electron chi connectivity index (χ1n) is 8.36. The molecule has 8 nitrogen and oxygen atoms in total. The fourth-order valence-corrected chi connectivity index (χ4v) is 3.14. The molecule has 0 saturated carbocycles.